The Labute approximate surface area is 189 Å². The van der Waals surface area contributed by atoms with E-state index in [1.807, 2.05) is 34.7 Å². The van der Waals surface area contributed by atoms with Crippen molar-refractivity contribution in [1.82, 2.24) is 29.8 Å². The number of anilines is 1. The van der Waals surface area contributed by atoms with Crippen LogP contribution in [0.2, 0.25) is 0 Å². The largest absolute Gasteiger partial charge is 0.376 e. The Bertz CT molecular complexity index is 1150. The molecule has 5 rings (SSSR count). The molecule has 8 nitrogen and oxygen atoms in total. The molecule has 0 unspecified atom stereocenters. The molecule has 0 aromatic carbocycles. The molecule has 1 saturated heterocycles. The fraction of sp³-hybridized carbons (Fsp3) is 0.455. The van der Waals surface area contributed by atoms with Gasteiger partial charge in [-0.05, 0) is 44.5 Å². The Kier molecular flexibility index (Phi) is 5.64. The van der Waals surface area contributed by atoms with Crippen molar-refractivity contribution in [1.29, 1.82) is 0 Å². The van der Waals surface area contributed by atoms with E-state index in [1.165, 1.54) is 11.3 Å². The quantitative estimate of drug-likeness (QED) is 0.570. The summed E-state index contributed by atoms with van der Waals surface area (Å²) < 4.78 is 16.5. The van der Waals surface area contributed by atoms with Gasteiger partial charge in [-0.1, -0.05) is 17.9 Å². The standard InChI is InChI=1S/C22H26FN7OS/c1-3-17-19(22-28-27-18(32-22)11-24-21(31)13-6-7-13)26-20-16(5-4-9-30(17)20)25-15-8-10-29(2)12-14(15)23/h3-5,9,13-15,25H,1,6-8,10-12H2,2H3,(H,24,31)/t14-,15+/m0/s1. The number of fused-ring (bicyclic) bond motifs is 1. The van der Waals surface area contributed by atoms with E-state index in [9.17, 15) is 9.18 Å². The van der Waals surface area contributed by atoms with Crippen molar-refractivity contribution in [2.45, 2.75) is 38.0 Å². The number of likely N-dealkylation sites (tertiary alicyclic amines) is 1. The fourth-order valence-electron chi connectivity index (χ4n) is 4.04. The molecule has 4 heterocycles. The first-order valence-corrected chi connectivity index (χ1v) is 11.7. The van der Waals surface area contributed by atoms with Crippen molar-refractivity contribution >= 4 is 34.7 Å². The van der Waals surface area contributed by atoms with Gasteiger partial charge >= 0.3 is 0 Å². The molecule has 2 fully saturated rings. The molecule has 10 heteroatoms. The van der Waals surface area contributed by atoms with Crippen LogP contribution in [0, 0.1) is 5.92 Å². The molecule has 0 bridgehead atoms. The maximum absolute atomic E-state index is 14.6. The van der Waals surface area contributed by atoms with Crippen molar-refractivity contribution in [3.8, 4) is 10.7 Å². The van der Waals surface area contributed by atoms with E-state index in [1.54, 1.807) is 6.08 Å². The molecule has 168 valence electrons. The van der Waals surface area contributed by atoms with Gasteiger partial charge in [0.2, 0.25) is 5.91 Å². The molecule has 2 N–H and O–H groups in total. The Morgan fingerprint density at radius 3 is 2.97 bits per heavy atom. The fourth-order valence-corrected chi connectivity index (χ4v) is 4.82. The van der Waals surface area contributed by atoms with E-state index in [0.717, 1.165) is 42.2 Å². The van der Waals surface area contributed by atoms with Crippen LogP contribution in [0.5, 0.6) is 0 Å². The lowest BCUT2D eigenvalue weighted by Gasteiger charge is -2.33. The highest BCUT2D eigenvalue weighted by molar-refractivity contribution is 7.14. The molecule has 1 saturated carbocycles. The zero-order chi connectivity index (χ0) is 22.2. The molecule has 1 amide bonds. The van der Waals surface area contributed by atoms with Gasteiger partial charge in [0, 0.05) is 25.2 Å². The summed E-state index contributed by atoms with van der Waals surface area (Å²) in [4.78, 5) is 18.7. The number of pyridine rings is 1. The number of rotatable bonds is 7. The summed E-state index contributed by atoms with van der Waals surface area (Å²) in [5, 5.41) is 16.2. The van der Waals surface area contributed by atoms with Crippen LogP contribution in [0.3, 0.4) is 0 Å². The van der Waals surface area contributed by atoms with Crippen LogP contribution < -0.4 is 10.6 Å². The first-order valence-electron chi connectivity index (χ1n) is 10.9. The molecule has 1 aliphatic heterocycles. The number of carbonyl (C=O) groups excluding carboxylic acids is 1. The lowest BCUT2D eigenvalue weighted by molar-refractivity contribution is -0.122. The molecule has 2 atom stereocenters. The number of alkyl halides is 1. The zero-order valence-electron chi connectivity index (χ0n) is 17.9. The van der Waals surface area contributed by atoms with Crippen LogP contribution in [-0.2, 0) is 11.3 Å². The lowest BCUT2D eigenvalue weighted by Crippen LogP contribution is -2.46. The highest BCUT2D eigenvalue weighted by Crippen LogP contribution is 2.32. The smallest absolute Gasteiger partial charge is 0.223 e. The summed E-state index contributed by atoms with van der Waals surface area (Å²) in [6.07, 6.45) is 5.37. The predicted octanol–water partition coefficient (Wildman–Crippen LogP) is 2.98. The number of amides is 1. The third kappa shape index (κ3) is 4.12. The van der Waals surface area contributed by atoms with Gasteiger partial charge in [-0.2, -0.15) is 0 Å². The zero-order valence-corrected chi connectivity index (χ0v) is 18.7. The molecule has 0 spiro atoms. The van der Waals surface area contributed by atoms with Gasteiger partial charge in [0.25, 0.3) is 0 Å². The number of aromatic nitrogens is 4. The number of piperidine rings is 1. The predicted molar refractivity (Wildman–Crippen MR) is 123 cm³/mol. The second-order valence-corrected chi connectivity index (χ2v) is 9.54. The molecule has 32 heavy (non-hydrogen) atoms. The maximum Gasteiger partial charge on any atom is 0.223 e. The molecule has 0 radical (unpaired) electrons. The number of nitrogens with one attached hydrogen (secondary N) is 2. The van der Waals surface area contributed by atoms with E-state index in [4.69, 9.17) is 4.98 Å². The molecule has 3 aromatic heterocycles. The summed E-state index contributed by atoms with van der Waals surface area (Å²) >= 11 is 1.40. The number of halogens is 1. The van der Waals surface area contributed by atoms with Gasteiger partial charge < -0.3 is 15.5 Å². The van der Waals surface area contributed by atoms with Gasteiger partial charge in [0.05, 0.1) is 24.0 Å². The van der Waals surface area contributed by atoms with Crippen molar-refractivity contribution in [3.05, 3.63) is 35.6 Å². The van der Waals surface area contributed by atoms with Crippen molar-refractivity contribution in [2.75, 3.05) is 25.5 Å². The van der Waals surface area contributed by atoms with Crippen LogP contribution in [0.25, 0.3) is 22.4 Å². The monoisotopic (exact) mass is 455 g/mol. The summed E-state index contributed by atoms with van der Waals surface area (Å²) in [7, 11) is 1.94. The van der Waals surface area contributed by atoms with E-state index in [0.29, 0.717) is 29.4 Å². The van der Waals surface area contributed by atoms with Crippen molar-refractivity contribution in [2.24, 2.45) is 5.92 Å². The number of carbonyl (C=O) groups is 1. The van der Waals surface area contributed by atoms with Gasteiger partial charge in [-0.3, -0.25) is 9.20 Å². The molecular weight excluding hydrogens is 429 g/mol. The van der Waals surface area contributed by atoms with Crippen LogP contribution >= 0.6 is 11.3 Å². The average Bonchev–Trinajstić information content (AvgIpc) is 3.41. The first-order chi connectivity index (χ1) is 15.5. The third-order valence-electron chi connectivity index (χ3n) is 6.00. The molecule has 2 aliphatic rings. The highest BCUT2D eigenvalue weighted by atomic mass is 32.1. The van der Waals surface area contributed by atoms with Gasteiger partial charge in [0.1, 0.15) is 16.9 Å². The third-order valence-corrected chi connectivity index (χ3v) is 6.93. The van der Waals surface area contributed by atoms with Gasteiger partial charge in [-0.25, -0.2) is 9.37 Å². The number of hydrogen-bond acceptors (Lipinski definition) is 7. The maximum atomic E-state index is 14.6. The highest BCUT2D eigenvalue weighted by Gasteiger charge is 2.30. The topological polar surface area (TPSA) is 87.5 Å². The molecule has 1 aliphatic carbocycles. The summed E-state index contributed by atoms with van der Waals surface area (Å²) in [6.45, 7) is 5.59. The second kappa shape index (κ2) is 8.59. The van der Waals surface area contributed by atoms with Crippen LogP contribution in [-0.4, -0.2) is 62.7 Å². The Morgan fingerprint density at radius 1 is 1.38 bits per heavy atom. The van der Waals surface area contributed by atoms with Gasteiger partial charge in [-0.15, -0.1) is 10.2 Å². The number of imidazole rings is 1. The lowest BCUT2D eigenvalue weighted by atomic mass is 10.0. The van der Waals surface area contributed by atoms with Gasteiger partial charge in [0.15, 0.2) is 10.7 Å². The Morgan fingerprint density at radius 2 is 2.22 bits per heavy atom. The number of nitrogens with zero attached hydrogens (tertiary/aromatic N) is 5. The minimum atomic E-state index is -0.945. The van der Waals surface area contributed by atoms with Crippen LogP contribution in [0.4, 0.5) is 10.1 Å². The van der Waals surface area contributed by atoms with Crippen LogP contribution in [0.15, 0.2) is 24.9 Å². The summed E-state index contributed by atoms with van der Waals surface area (Å²) in [5.74, 6) is 0.240. The first kappa shape index (κ1) is 21.0. The average molecular weight is 456 g/mol. The van der Waals surface area contributed by atoms with Crippen molar-refractivity contribution < 1.29 is 9.18 Å². The minimum absolute atomic E-state index is 0.0806. The minimum Gasteiger partial charge on any atom is -0.376 e. The van der Waals surface area contributed by atoms with E-state index < -0.39 is 6.17 Å². The molecule has 3 aromatic rings. The van der Waals surface area contributed by atoms with E-state index in [-0.39, 0.29) is 17.9 Å². The van der Waals surface area contributed by atoms with Crippen molar-refractivity contribution in [3.63, 3.8) is 0 Å². The van der Waals surface area contributed by atoms with Crippen LogP contribution in [0.1, 0.15) is 30.0 Å². The van der Waals surface area contributed by atoms with E-state index in [2.05, 4.69) is 27.4 Å². The normalized spacial score (nSPS) is 21.6. The summed E-state index contributed by atoms with van der Waals surface area (Å²) in [5.41, 5.74) is 2.95. The second-order valence-electron chi connectivity index (χ2n) is 8.48. The Balaban J connectivity index is 1.41. The Hall–Kier alpha value is -2.85. The summed E-state index contributed by atoms with van der Waals surface area (Å²) in [6, 6.07) is 3.57. The number of hydrogen-bond donors (Lipinski definition) is 2. The SMILES string of the molecule is C=Cc1c(-c2nnc(CNC(=O)C3CC3)s2)nc2c(N[C@@H]3CCN(C)C[C@@H]3F)cccn12. The molecular formula is C22H26FN7OS. The van der Waals surface area contributed by atoms with E-state index >= 15 is 0 Å².